The molecule has 2 N–H and O–H groups in total. The highest BCUT2D eigenvalue weighted by Crippen LogP contribution is 2.66. The third-order valence-electron chi connectivity index (χ3n) is 3.74. The van der Waals surface area contributed by atoms with E-state index in [1.54, 1.807) is 0 Å². The number of aryl methyl sites for hydroxylation is 1. The third-order valence-corrected chi connectivity index (χ3v) is 3.74. The van der Waals surface area contributed by atoms with Crippen LogP contribution in [0.2, 0.25) is 0 Å². The summed E-state index contributed by atoms with van der Waals surface area (Å²) in [5, 5.41) is 0. The van der Waals surface area contributed by atoms with Crippen molar-refractivity contribution < 1.29 is 0 Å². The van der Waals surface area contributed by atoms with Crippen LogP contribution >= 0.6 is 12.4 Å². The first-order chi connectivity index (χ1) is 6.12. The first-order valence-electron chi connectivity index (χ1n) is 4.98. The summed E-state index contributed by atoms with van der Waals surface area (Å²) in [5.74, 6) is 0. The van der Waals surface area contributed by atoms with Crippen molar-refractivity contribution in [3.63, 3.8) is 0 Å². The SMILES string of the molecule is Cc1ccc(C23CC(N)(C2)C3)cc1.Cl. The second-order valence-corrected chi connectivity index (χ2v) is 5.04. The van der Waals surface area contributed by atoms with Crippen molar-refractivity contribution in [2.75, 3.05) is 0 Å². The Hall–Kier alpha value is -0.530. The molecule has 0 saturated heterocycles. The summed E-state index contributed by atoms with van der Waals surface area (Å²) < 4.78 is 0. The molecule has 0 atom stereocenters. The molecule has 3 aliphatic carbocycles. The highest BCUT2D eigenvalue weighted by atomic mass is 35.5. The lowest BCUT2D eigenvalue weighted by molar-refractivity contribution is -0.0590. The van der Waals surface area contributed by atoms with Gasteiger partial charge in [0.15, 0.2) is 0 Å². The molecule has 76 valence electrons. The molecule has 1 nitrogen and oxygen atoms in total. The van der Waals surface area contributed by atoms with Crippen molar-refractivity contribution in [1.82, 2.24) is 0 Å². The van der Waals surface area contributed by atoms with Gasteiger partial charge in [0.05, 0.1) is 0 Å². The molecule has 2 heteroatoms. The average molecular weight is 210 g/mol. The summed E-state index contributed by atoms with van der Waals surface area (Å²) in [7, 11) is 0. The second-order valence-electron chi connectivity index (χ2n) is 5.04. The van der Waals surface area contributed by atoms with Gasteiger partial charge in [0.2, 0.25) is 0 Å². The zero-order valence-electron chi connectivity index (χ0n) is 8.42. The molecule has 14 heavy (non-hydrogen) atoms. The largest absolute Gasteiger partial charge is 0.325 e. The number of hydrogen-bond acceptors (Lipinski definition) is 1. The molecule has 0 unspecified atom stereocenters. The molecular formula is C12H16ClN. The van der Waals surface area contributed by atoms with Crippen LogP contribution < -0.4 is 5.73 Å². The molecule has 4 rings (SSSR count). The van der Waals surface area contributed by atoms with Gasteiger partial charge in [0, 0.05) is 11.0 Å². The third kappa shape index (κ3) is 1.12. The Morgan fingerprint density at radius 3 is 2.00 bits per heavy atom. The van der Waals surface area contributed by atoms with Crippen LogP contribution in [0.25, 0.3) is 0 Å². The Bertz CT molecular complexity index is 335. The second kappa shape index (κ2) is 2.74. The minimum Gasteiger partial charge on any atom is -0.325 e. The van der Waals surface area contributed by atoms with Crippen LogP contribution in [-0.4, -0.2) is 5.54 Å². The van der Waals surface area contributed by atoms with Crippen molar-refractivity contribution in [2.24, 2.45) is 5.73 Å². The quantitative estimate of drug-likeness (QED) is 0.756. The molecule has 0 aromatic heterocycles. The van der Waals surface area contributed by atoms with Crippen LogP contribution in [0, 0.1) is 6.92 Å². The van der Waals surface area contributed by atoms with Crippen LogP contribution in [0.4, 0.5) is 0 Å². The van der Waals surface area contributed by atoms with E-state index in [1.807, 2.05) is 0 Å². The maximum atomic E-state index is 6.04. The van der Waals surface area contributed by atoms with Gasteiger partial charge in [-0.3, -0.25) is 0 Å². The lowest BCUT2D eigenvalue weighted by atomic mass is 9.38. The van der Waals surface area contributed by atoms with Crippen LogP contribution in [0.1, 0.15) is 30.4 Å². The van der Waals surface area contributed by atoms with E-state index in [2.05, 4.69) is 31.2 Å². The first kappa shape index (κ1) is 10.0. The van der Waals surface area contributed by atoms with Gasteiger partial charge in [-0.25, -0.2) is 0 Å². The minimum absolute atomic E-state index is 0. The molecule has 2 bridgehead atoms. The molecule has 1 aromatic carbocycles. The minimum atomic E-state index is 0. The molecule has 3 aliphatic rings. The molecule has 0 spiro atoms. The zero-order chi connectivity index (χ0) is 9.10. The van der Waals surface area contributed by atoms with Gasteiger partial charge in [-0.2, -0.15) is 0 Å². The van der Waals surface area contributed by atoms with E-state index in [1.165, 1.54) is 30.4 Å². The number of rotatable bonds is 1. The Kier molecular flexibility index (Phi) is 1.96. The Labute approximate surface area is 91.1 Å². The lowest BCUT2D eigenvalue weighted by Gasteiger charge is -2.69. The fourth-order valence-corrected chi connectivity index (χ4v) is 3.08. The standard InChI is InChI=1S/C12H15N.ClH/c1-9-2-4-10(5-3-9)11-6-12(13,7-11)8-11;/h2-5H,6-8,13H2,1H3;1H. The number of hydrogen-bond donors (Lipinski definition) is 1. The first-order valence-corrected chi connectivity index (χ1v) is 4.98. The van der Waals surface area contributed by atoms with Gasteiger partial charge in [0.25, 0.3) is 0 Å². The predicted molar refractivity (Wildman–Crippen MR) is 60.9 cm³/mol. The highest BCUT2D eigenvalue weighted by Gasteiger charge is 2.66. The molecule has 0 amide bonds. The predicted octanol–water partition coefficient (Wildman–Crippen LogP) is 2.55. The maximum Gasteiger partial charge on any atom is 0.0179 e. The van der Waals surface area contributed by atoms with Crippen LogP contribution in [-0.2, 0) is 5.41 Å². The van der Waals surface area contributed by atoms with E-state index in [-0.39, 0.29) is 17.9 Å². The smallest absolute Gasteiger partial charge is 0.0179 e. The van der Waals surface area contributed by atoms with Gasteiger partial charge in [-0.1, -0.05) is 29.8 Å². The van der Waals surface area contributed by atoms with Gasteiger partial charge >= 0.3 is 0 Å². The molecule has 1 aromatic rings. The zero-order valence-corrected chi connectivity index (χ0v) is 9.23. The summed E-state index contributed by atoms with van der Waals surface area (Å²) in [6.45, 7) is 2.14. The fourth-order valence-electron chi connectivity index (χ4n) is 3.08. The fraction of sp³-hybridized carbons (Fsp3) is 0.500. The van der Waals surface area contributed by atoms with Gasteiger partial charge < -0.3 is 5.73 Å². The molecule has 0 radical (unpaired) electrons. The molecule has 3 fully saturated rings. The molecule has 0 aliphatic heterocycles. The Morgan fingerprint density at radius 2 is 1.57 bits per heavy atom. The van der Waals surface area contributed by atoms with Crippen LogP contribution in [0.15, 0.2) is 24.3 Å². The van der Waals surface area contributed by atoms with E-state index < -0.39 is 0 Å². The molecular weight excluding hydrogens is 194 g/mol. The number of benzene rings is 1. The van der Waals surface area contributed by atoms with E-state index in [0.29, 0.717) is 5.41 Å². The summed E-state index contributed by atoms with van der Waals surface area (Å²) in [4.78, 5) is 0. The lowest BCUT2D eigenvalue weighted by Crippen LogP contribution is -2.74. The summed E-state index contributed by atoms with van der Waals surface area (Å²) in [6.07, 6.45) is 3.63. The van der Waals surface area contributed by atoms with Crippen molar-refractivity contribution in [3.8, 4) is 0 Å². The van der Waals surface area contributed by atoms with Crippen LogP contribution in [0.5, 0.6) is 0 Å². The van der Waals surface area contributed by atoms with E-state index in [0.717, 1.165) is 0 Å². The number of halogens is 1. The normalized spacial score (nSPS) is 37.9. The van der Waals surface area contributed by atoms with E-state index in [4.69, 9.17) is 5.73 Å². The summed E-state index contributed by atoms with van der Waals surface area (Å²) >= 11 is 0. The van der Waals surface area contributed by atoms with Crippen molar-refractivity contribution in [3.05, 3.63) is 35.4 Å². The van der Waals surface area contributed by atoms with Gasteiger partial charge in [-0.05, 0) is 31.7 Å². The Morgan fingerprint density at radius 1 is 1.07 bits per heavy atom. The summed E-state index contributed by atoms with van der Waals surface area (Å²) in [6, 6.07) is 8.96. The topological polar surface area (TPSA) is 26.0 Å². The monoisotopic (exact) mass is 209 g/mol. The van der Waals surface area contributed by atoms with Crippen molar-refractivity contribution >= 4 is 12.4 Å². The van der Waals surface area contributed by atoms with Gasteiger partial charge in [0.1, 0.15) is 0 Å². The van der Waals surface area contributed by atoms with Crippen molar-refractivity contribution in [1.29, 1.82) is 0 Å². The molecule has 0 heterocycles. The average Bonchev–Trinajstić information content (AvgIpc) is 1.99. The summed E-state index contributed by atoms with van der Waals surface area (Å²) in [5.41, 5.74) is 9.61. The Balaban J connectivity index is 0.000000750. The van der Waals surface area contributed by atoms with Crippen LogP contribution in [0.3, 0.4) is 0 Å². The molecule has 3 saturated carbocycles. The van der Waals surface area contributed by atoms with E-state index >= 15 is 0 Å². The van der Waals surface area contributed by atoms with Crippen molar-refractivity contribution in [2.45, 2.75) is 37.1 Å². The van der Waals surface area contributed by atoms with Gasteiger partial charge in [-0.15, -0.1) is 12.4 Å². The van der Waals surface area contributed by atoms with E-state index in [9.17, 15) is 0 Å². The number of nitrogens with two attached hydrogens (primary N) is 1. The maximum absolute atomic E-state index is 6.04. The highest BCUT2D eigenvalue weighted by molar-refractivity contribution is 5.85.